The maximum absolute atomic E-state index is 15.8. The van der Waals surface area contributed by atoms with Gasteiger partial charge in [0, 0.05) is 99.0 Å². The second-order valence-corrected chi connectivity index (χ2v) is 25.0. The molecule has 0 bridgehead atoms. The predicted molar refractivity (Wildman–Crippen MR) is 387 cm³/mol. The van der Waals surface area contributed by atoms with Crippen molar-refractivity contribution in [1.29, 1.82) is 5.26 Å². The number of rotatable bonds is 8. The topological polar surface area (TPSA) is 53.4 Å². The Morgan fingerprint density at radius 3 is 0.842 bits per heavy atom. The third-order valence-electron chi connectivity index (χ3n) is 20.0. The SMILES string of the molecule is N#Cc1cc(Cn2c3cc(-n4c5ccccc5c5ccccc54)ccc3c3ccc(-n4c5ccccc5c5ccccc54)cc32)c(-n2c3cc(-n4c5ccccc5c5ccccc54)ccc3c3ccc(-n4c5ccccc5c5ccccc54)cc32)cc1-c1cc(F)cc(F)c1. The average Bonchev–Trinajstić information content (AvgIpc) is 1.59. The Morgan fingerprint density at radius 1 is 0.263 bits per heavy atom. The molecule has 0 spiro atoms. The molecule has 0 saturated heterocycles. The molecule has 0 radical (unpaired) electrons. The third-order valence-corrected chi connectivity index (χ3v) is 20.0. The van der Waals surface area contributed by atoms with Crippen molar-refractivity contribution in [2.75, 3.05) is 0 Å². The standard InChI is InChI=1S/C86H51F2N7/c87-55-42-52(43-56(88)44-55)73-49-82(95-85-47-59(93-78-29-13-5-21-65(78)66-22-6-14-30-79(66)93)35-39-71(85)72-40-36-60(48-86(72)95)94-80-31-15-7-23-67(80)68-24-8-16-32-81(68)94)54(41-53(73)50-89)51-90-83-45-57(91-74-25-9-1-17-61(74)62-18-2-10-26-75(62)91)33-37-69(83)70-38-34-58(46-84(70)90)92-76-27-11-3-19-63(76)64-20-4-12-28-77(64)92/h1-49H,51H2. The van der Waals surface area contributed by atoms with Gasteiger partial charge in [-0.3, -0.25) is 0 Å². The van der Waals surface area contributed by atoms with Gasteiger partial charge in [-0.1, -0.05) is 170 Å². The van der Waals surface area contributed by atoms with E-state index < -0.39 is 11.6 Å². The Morgan fingerprint density at radius 2 is 0.537 bits per heavy atom. The summed E-state index contributed by atoms with van der Waals surface area (Å²) in [6, 6.07) is 106. The summed E-state index contributed by atoms with van der Waals surface area (Å²) in [7, 11) is 0. The molecule has 7 nitrogen and oxygen atoms in total. The summed E-state index contributed by atoms with van der Waals surface area (Å²) in [5.41, 5.74) is 18.9. The average molecular weight is 1220 g/mol. The van der Waals surface area contributed by atoms with Crippen molar-refractivity contribution >= 4 is 131 Å². The molecule has 0 unspecified atom stereocenters. The van der Waals surface area contributed by atoms with Crippen molar-refractivity contribution in [3.8, 4) is 45.6 Å². The molecular weight excluding hydrogens is 1170 g/mol. The van der Waals surface area contributed by atoms with E-state index in [1.54, 1.807) is 0 Å². The van der Waals surface area contributed by atoms with Crippen molar-refractivity contribution in [1.82, 2.24) is 27.4 Å². The molecule has 0 aliphatic heterocycles. The second-order valence-electron chi connectivity index (χ2n) is 25.0. The molecule has 0 fully saturated rings. The maximum Gasteiger partial charge on any atom is 0.126 e. The highest BCUT2D eigenvalue weighted by molar-refractivity contribution is 6.16. The Hall–Kier alpha value is -12.8. The molecule has 0 amide bonds. The molecule has 6 aromatic heterocycles. The largest absolute Gasteiger partial charge is 0.336 e. The Kier molecular flexibility index (Phi) is 11.2. The number of fused-ring (bicyclic) bond motifs is 18. The number of hydrogen-bond donors (Lipinski definition) is 0. The second kappa shape index (κ2) is 20.1. The van der Waals surface area contributed by atoms with Gasteiger partial charge in [-0.15, -0.1) is 0 Å². The molecule has 9 heteroatoms. The molecule has 6 heterocycles. The summed E-state index contributed by atoms with van der Waals surface area (Å²) >= 11 is 0. The van der Waals surface area contributed by atoms with Gasteiger partial charge in [0.1, 0.15) is 11.6 Å². The van der Waals surface area contributed by atoms with E-state index in [9.17, 15) is 5.26 Å². The fourth-order valence-corrected chi connectivity index (χ4v) is 16.0. The van der Waals surface area contributed by atoms with Crippen LogP contribution in [0, 0.1) is 23.0 Å². The Labute approximate surface area is 541 Å². The molecule has 0 aliphatic rings. The number of hydrogen-bond acceptors (Lipinski definition) is 1. The summed E-state index contributed by atoms with van der Waals surface area (Å²) < 4.78 is 45.9. The number of para-hydroxylation sites is 8. The number of nitriles is 1. The smallest absolute Gasteiger partial charge is 0.126 e. The highest BCUT2D eigenvalue weighted by Crippen LogP contribution is 2.44. The van der Waals surface area contributed by atoms with E-state index in [1.807, 2.05) is 12.1 Å². The minimum atomic E-state index is -0.735. The molecule has 95 heavy (non-hydrogen) atoms. The van der Waals surface area contributed by atoms with Gasteiger partial charge in [-0.2, -0.15) is 5.26 Å². The lowest BCUT2D eigenvalue weighted by molar-refractivity contribution is 0.584. The summed E-state index contributed by atoms with van der Waals surface area (Å²) in [6.07, 6.45) is 0. The van der Waals surface area contributed by atoms with Crippen LogP contribution in [0.1, 0.15) is 11.1 Å². The minimum absolute atomic E-state index is 0.257. The van der Waals surface area contributed by atoms with Crippen molar-refractivity contribution < 1.29 is 8.78 Å². The molecule has 0 aliphatic carbocycles. The van der Waals surface area contributed by atoms with Crippen LogP contribution in [-0.2, 0) is 6.54 Å². The first kappa shape index (κ1) is 52.9. The number of aromatic nitrogens is 6. The van der Waals surface area contributed by atoms with Crippen LogP contribution in [0.15, 0.2) is 297 Å². The van der Waals surface area contributed by atoms with Gasteiger partial charge in [-0.05, 0) is 132 Å². The zero-order valence-electron chi connectivity index (χ0n) is 50.9. The van der Waals surface area contributed by atoms with Crippen LogP contribution in [-0.4, -0.2) is 27.4 Å². The van der Waals surface area contributed by atoms with Gasteiger partial charge < -0.3 is 27.4 Å². The Balaban J connectivity index is 0.912. The summed E-state index contributed by atoms with van der Waals surface area (Å²) in [5, 5.41) is 25.0. The van der Waals surface area contributed by atoms with E-state index in [0.717, 1.165) is 149 Å². The van der Waals surface area contributed by atoms with E-state index in [4.69, 9.17) is 0 Å². The zero-order valence-corrected chi connectivity index (χ0v) is 50.9. The first-order valence-electron chi connectivity index (χ1n) is 32.0. The van der Waals surface area contributed by atoms with Gasteiger partial charge in [0.2, 0.25) is 0 Å². The number of nitrogens with zero attached hydrogens (tertiary/aromatic N) is 7. The van der Waals surface area contributed by atoms with Gasteiger partial charge >= 0.3 is 0 Å². The summed E-state index contributed by atoms with van der Waals surface area (Å²) in [4.78, 5) is 0. The molecule has 0 atom stereocenters. The van der Waals surface area contributed by atoms with Crippen LogP contribution in [0.2, 0.25) is 0 Å². The van der Waals surface area contributed by atoms with Crippen LogP contribution in [0.3, 0.4) is 0 Å². The van der Waals surface area contributed by atoms with Crippen molar-refractivity contribution in [3.63, 3.8) is 0 Å². The fraction of sp³-hybridized carbons (Fsp3) is 0.0116. The van der Waals surface area contributed by atoms with E-state index >= 15 is 8.78 Å². The van der Waals surface area contributed by atoms with E-state index in [1.165, 1.54) is 33.7 Å². The molecule has 20 aromatic rings. The maximum atomic E-state index is 15.8. The van der Waals surface area contributed by atoms with Crippen LogP contribution in [0.5, 0.6) is 0 Å². The van der Waals surface area contributed by atoms with E-state index in [0.29, 0.717) is 5.56 Å². The van der Waals surface area contributed by atoms with Crippen molar-refractivity contribution in [2.24, 2.45) is 0 Å². The van der Waals surface area contributed by atoms with Gasteiger partial charge in [0.15, 0.2) is 0 Å². The van der Waals surface area contributed by atoms with E-state index in [2.05, 4.69) is 300 Å². The fourth-order valence-electron chi connectivity index (χ4n) is 16.0. The first-order valence-corrected chi connectivity index (χ1v) is 32.0. The molecule has 0 N–H and O–H groups in total. The van der Waals surface area contributed by atoms with Gasteiger partial charge in [-0.25, -0.2) is 8.78 Å². The summed E-state index contributed by atoms with van der Waals surface area (Å²) in [6.45, 7) is 0.273. The molecular formula is C86H51F2N7. The minimum Gasteiger partial charge on any atom is -0.336 e. The summed E-state index contributed by atoms with van der Waals surface area (Å²) in [5.74, 6) is -1.47. The van der Waals surface area contributed by atoms with Gasteiger partial charge in [0.25, 0.3) is 0 Å². The molecule has 444 valence electrons. The molecule has 20 rings (SSSR count). The monoisotopic (exact) mass is 1220 g/mol. The zero-order chi connectivity index (χ0) is 62.7. The normalized spacial score (nSPS) is 12.1. The number of halogens is 2. The predicted octanol–water partition coefficient (Wildman–Crippen LogP) is 22.1. The quantitative estimate of drug-likeness (QED) is 0.150. The van der Waals surface area contributed by atoms with Crippen LogP contribution in [0.25, 0.3) is 170 Å². The van der Waals surface area contributed by atoms with Crippen LogP contribution < -0.4 is 0 Å². The number of benzene rings is 14. The first-order chi connectivity index (χ1) is 46.9. The molecule has 0 saturated carbocycles. The lowest BCUT2D eigenvalue weighted by atomic mass is 9.96. The highest BCUT2D eigenvalue weighted by atomic mass is 19.1. The lowest BCUT2D eigenvalue weighted by Gasteiger charge is -2.20. The van der Waals surface area contributed by atoms with Crippen molar-refractivity contribution in [3.05, 3.63) is 320 Å². The molecule has 14 aromatic carbocycles. The Bertz CT molecular complexity index is 6180. The van der Waals surface area contributed by atoms with Crippen LogP contribution in [0.4, 0.5) is 8.78 Å². The highest BCUT2D eigenvalue weighted by Gasteiger charge is 2.26. The third kappa shape index (κ3) is 7.71. The van der Waals surface area contributed by atoms with E-state index in [-0.39, 0.29) is 17.7 Å². The van der Waals surface area contributed by atoms with Crippen LogP contribution >= 0.6 is 0 Å². The van der Waals surface area contributed by atoms with Crippen molar-refractivity contribution in [2.45, 2.75) is 6.54 Å². The van der Waals surface area contributed by atoms with Gasteiger partial charge in [0.05, 0.1) is 90.1 Å². The lowest BCUT2D eigenvalue weighted by Crippen LogP contribution is -2.08.